The van der Waals surface area contributed by atoms with Gasteiger partial charge in [0.15, 0.2) is 5.78 Å². The number of rotatable bonds is 13. The molecule has 5 atom stereocenters. The van der Waals surface area contributed by atoms with Gasteiger partial charge in [0.25, 0.3) is 0 Å². The van der Waals surface area contributed by atoms with Gasteiger partial charge in [-0.1, -0.05) is 42.5 Å². The molecule has 208 valence electrons. The lowest BCUT2D eigenvalue weighted by molar-refractivity contribution is -0.135. The number of benzene rings is 2. The maximum atomic E-state index is 13.6. The van der Waals surface area contributed by atoms with E-state index in [2.05, 4.69) is 16.0 Å². The van der Waals surface area contributed by atoms with Gasteiger partial charge in [0.1, 0.15) is 30.0 Å². The van der Waals surface area contributed by atoms with Crippen molar-refractivity contribution in [2.75, 3.05) is 20.3 Å². The van der Waals surface area contributed by atoms with E-state index in [9.17, 15) is 19.2 Å². The quantitative estimate of drug-likeness (QED) is 0.326. The highest BCUT2D eigenvalue weighted by Crippen LogP contribution is 2.17. The molecule has 0 spiro atoms. The van der Waals surface area contributed by atoms with Gasteiger partial charge in [-0.3, -0.25) is 19.2 Å². The molecule has 0 aliphatic carbocycles. The van der Waals surface area contributed by atoms with E-state index in [4.69, 9.17) is 14.2 Å². The number of methoxy groups -OCH3 is 1. The number of carbonyl (C=O) groups is 4. The Kier molecular flexibility index (Phi) is 9.67. The van der Waals surface area contributed by atoms with Crippen LogP contribution in [0.1, 0.15) is 30.9 Å². The van der Waals surface area contributed by atoms with E-state index in [-0.39, 0.29) is 18.1 Å². The van der Waals surface area contributed by atoms with E-state index in [1.54, 1.807) is 38.3 Å². The number of hydrogen-bond donors (Lipinski definition) is 3. The van der Waals surface area contributed by atoms with E-state index >= 15 is 0 Å². The first-order valence-corrected chi connectivity index (χ1v) is 13.2. The minimum atomic E-state index is -1.00. The molecule has 0 saturated carbocycles. The molecular formula is C29H35N3O7. The minimum absolute atomic E-state index is 0.167. The second-order valence-corrected chi connectivity index (χ2v) is 9.82. The van der Waals surface area contributed by atoms with Crippen molar-refractivity contribution in [2.24, 2.45) is 0 Å². The molecule has 4 rings (SSSR count). The molecule has 2 aromatic rings. The second kappa shape index (κ2) is 13.3. The second-order valence-electron chi connectivity index (χ2n) is 9.82. The molecule has 39 heavy (non-hydrogen) atoms. The Bertz CT molecular complexity index is 1150. The van der Waals surface area contributed by atoms with Crippen molar-refractivity contribution in [1.82, 2.24) is 16.0 Å². The number of ether oxygens (including phenoxy) is 3. The zero-order valence-electron chi connectivity index (χ0n) is 22.2. The number of nitrogens with one attached hydrogen (secondary N) is 3. The lowest BCUT2D eigenvalue weighted by Gasteiger charge is -2.25. The van der Waals surface area contributed by atoms with E-state index in [1.165, 1.54) is 0 Å². The van der Waals surface area contributed by atoms with Crippen LogP contribution in [0.15, 0.2) is 54.6 Å². The van der Waals surface area contributed by atoms with Gasteiger partial charge in [-0.25, -0.2) is 0 Å². The summed E-state index contributed by atoms with van der Waals surface area (Å²) in [6.45, 7) is 2.39. The van der Waals surface area contributed by atoms with Crippen LogP contribution in [-0.2, 0) is 41.5 Å². The summed E-state index contributed by atoms with van der Waals surface area (Å²) in [5.74, 6) is -0.936. The summed E-state index contributed by atoms with van der Waals surface area (Å²) in [7, 11) is 1.56. The number of epoxide rings is 1. The molecule has 2 aliphatic rings. The molecule has 0 unspecified atom stereocenters. The fraction of sp³-hybridized carbons (Fsp3) is 0.448. The van der Waals surface area contributed by atoms with Crippen molar-refractivity contribution >= 4 is 23.5 Å². The largest absolute Gasteiger partial charge is 0.497 e. The van der Waals surface area contributed by atoms with Crippen molar-refractivity contribution < 1.29 is 33.4 Å². The third kappa shape index (κ3) is 8.11. The normalized spacial score (nSPS) is 20.3. The first kappa shape index (κ1) is 28.3. The van der Waals surface area contributed by atoms with Crippen LogP contribution in [0.2, 0.25) is 0 Å². The van der Waals surface area contributed by atoms with Crippen molar-refractivity contribution in [3.63, 3.8) is 0 Å². The van der Waals surface area contributed by atoms with E-state index in [0.29, 0.717) is 31.8 Å². The standard InChI is InChI=1S/C29H35N3O7/c1-18(30-29(36)24-9-6-14-38-24)27(34)32-23(16-20-10-12-21(37-2)13-11-20)28(35)31-22(26(33)25-17-39-25)15-19-7-4-3-5-8-19/h3-5,7-8,10-13,18,22-25H,6,9,14-17H2,1-2H3,(H,30,36)(H,31,35)(H,32,34)/t18-,22-,23-,24+,25+/m0/s1. The number of ketones is 1. The zero-order valence-corrected chi connectivity index (χ0v) is 22.2. The Morgan fingerprint density at radius 1 is 0.846 bits per heavy atom. The lowest BCUT2D eigenvalue weighted by atomic mass is 9.99. The van der Waals surface area contributed by atoms with E-state index in [0.717, 1.165) is 17.5 Å². The van der Waals surface area contributed by atoms with Gasteiger partial charge in [-0.15, -0.1) is 0 Å². The van der Waals surface area contributed by atoms with Crippen LogP contribution in [0, 0.1) is 0 Å². The van der Waals surface area contributed by atoms with Crippen molar-refractivity contribution in [3.05, 3.63) is 65.7 Å². The highest BCUT2D eigenvalue weighted by atomic mass is 16.6. The SMILES string of the molecule is COc1ccc(C[C@H](NC(=O)[C@H](C)NC(=O)[C@H]2CCCO2)C(=O)N[C@@H](Cc2ccccc2)C(=O)[C@H]2CO2)cc1. The summed E-state index contributed by atoms with van der Waals surface area (Å²) < 4.78 is 15.8. The van der Waals surface area contributed by atoms with Crippen molar-refractivity contribution in [1.29, 1.82) is 0 Å². The van der Waals surface area contributed by atoms with Crippen LogP contribution in [0.3, 0.4) is 0 Å². The fourth-order valence-corrected chi connectivity index (χ4v) is 4.44. The molecule has 3 N–H and O–H groups in total. The molecule has 2 fully saturated rings. The lowest BCUT2D eigenvalue weighted by Crippen LogP contribution is -2.57. The van der Waals surface area contributed by atoms with Gasteiger partial charge in [-0.05, 0) is 49.4 Å². The summed E-state index contributed by atoms with van der Waals surface area (Å²) in [5, 5.41) is 8.27. The van der Waals surface area contributed by atoms with Crippen LogP contribution < -0.4 is 20.7 Å². The first-order chi connectivity index (χ1) is 18.8. The Morgan fingerprint density at radius 3 is 2.10 bits per heavy atom. The number of carbonyl (C=O) groups excluding carboxylic acids is 4. The van der Waals surface area contributed by atoms with Gasteiger partial charge in [0.2, 0.25) is 17.7 Å². The molecule has 2 heterocycles. The van der Waals surface area contributed by atoms with Crippen molar-refractivity contribution in [2.45, 2.75) is 62.9 Å². The fourth-order valence-electron chi connectivity index (χ4n) is 4.44. The third-order valence-electron chi connectivity index (χ3n) is 6.80. The number of hydrogen-bond acceptors (Lipinski definition) is 7. The molecule has 10 heteroatoms. The molecule has 10 nitrogen and oxygen atoms in total. The summed E-state index contributed by atoms with van der Waals surface area (Å²) in [6.07, 6.45) is 0.735. The zero-order chi connectivity index (χ0) is 27.8. The van der Waals surface area contributed by atoms with Gasteiger partial charge < -0.3 is 30.2 Å². The Morgan fingerprint density at radius 2 is 1.49 bits per heavy atom. The van der Waals surface area contributed by atoms with Crippen LogP contribution in [0.25, 0.3) is 0 Å². The van der Waals surface area contributed by atoms with Crippen LogP contribution in [0.5, 0.6) is 5.75 Å². The third-order valence-corrected chi connectivity index (χ3v) is 6.80. The van der Waals surface area contributed by atoms with Crippen LogP contribution in [0.4, 0.5) is 0 Å². The first-order valence-electron chi connectivity index (χ1n) is 13.2. The predicted octanol–water partition coefficient (Wildman–Crippen LogP) is 1.10. The van der Waals surface area contributed by atoms with E-state index in [1.807, 2.05) is 30.3 Å². The molecule has 2 aromatic carbocycles. The maximum Gasteiger partial charge on any atom is 0.249 e. The maximum absolute atomic E-state index is 13.6. The summed E-state index contributed by atoms with van der Waals surface area (Å²) >= 11 is 0. The molecule has 2 saturated heterocycles. The van der Waals surface area contributed by atoms with Crippen LogP contribution >= 0.6 is 0 Å². The number of Topliss-reactive ketones (excluding diaryl/α,β-unsaturated/α-hetero) is 1. The highest BCUT2D eigenvalue weighted by molar-refractivity contribution is 5.96. The van der Waals surface area contributed by atoms with Gasteiger partial charge in [0.05, 0.1) is 19.8 Å². The van der Waals surface area contributed by atoms with Gasteiger partial charge in [-0.2, -0.15) is 0 Å². The average Bonchev–Trinajstić information content (AvgIpc) is 3.65. The average molecular weight is 538 g/mol. The minimum Gasteiger partial charge on any atom is -0.497 e. The van der Waals surface area contributed by atoms with Crippen molar-refractivity contribution in [3.8, 4) is 5.75 Å². The number of amides is 3. The molecule has 3 amide bonds. The predicted molar refractivity (Wildman–Crippen MR) is 142 cm³/mol. The topological polar surface area (TPSA) is 135 Å². The molecule has 0 aromatic heterocycles. The van der Waals surface area contributed by atoms with Crippen LogP contribution in [-0.4, -0.2) is 74.2 Å². The Balaban J connectivity index is 1.47. The Labute approximate surface area is 227 Å². The Hall–Kier alpha value is -3.76. The van der Waals surface area contributed by atoms with E-state index < -0.39 is 42.1 Å². The monoisotopic (exact) mass is 537 g/mol. The van der Waals surface area contributed by atoms with Gasteiger partial charge >= 0.3 is 0 Å². The highest BCUT2D eigenvalue weighted by Gasteiger charge is 2.38. The van der Waals surface area contributed by atoms with Gasteiger partial charge in [0, 0.05) is 13.0 Å². The summed E-state index contributed by atoms with van der Waals surface area (Å²) in [5.41, 5.74) is 1.67. The smallest absolute Gasteiger partial charge is 0.249 e. The summed E-state index contributed by atoms with van der Waals surface area (Å²) in [6, 6.07) is 13.8. The molecule has 0 bridgehead atoms. The summed E-state index contributed by atoms with van der Waals surface area (Å²) in [4.78, 5) is 52.0. The molecular weight excluding hydrogens is 502 g/mol. The molecule has 0 radical (unpaired) electrons. The molecule has 2 aliphatic heterocycles.